The molecule has 0 aliphatic carbocycles. The Morgan fingerprint density at radius 2 is 1.82 bits per heavy atom. The van der Waals surface area contributed by atoms with Crippen LogP contribution >= 0.6 is 0 Å². The van der Waals surface area contributed by atoms with Crippen molar-refractivity contribution >= 4 is 29.1 Å². The lowest BCUT2D eigenvalue weighted by Gasteiger charge is -2.16. The zero-order valence-corrected chi connectivity index (χ0v) is 15.5. The summed E-state index contributed by atoms with van der Waals surface area (Å²) in [4.78, 5) is 48.6. The first-order valence-electron chi connectivity index (χ1n) is 8.83. The van der Waals surface area contributed by atoms with Crippen molar-refractivity contribution in [3.63, 3.8) is 0 Å². The Morgan fingerprint density at radius 3 is 2.50 bits per heavy atom. The predicted molar refractivity (Wildman–Crippen MR) is 102 cm³/mol. The van der Waals surface area contributed by atoms with E-state index in [9.17, 15) is 24.5 Å². The van der Waals surface area contributed by atoms with E-state index in [1.807, 2.05) is 32.0 Å². The first kappa shape index (κ1) is 19.2. The Morgan fingerprint density at radius 1 is 1.11 bits per heavy atom. The molecule has 3 rings (SSSR count). The van der Waals surface area contributed by atoms with Gasteiger partial charge in [0.2, 0.25) is 5.91 Å². The fourth-order valence-corrected chi connectivity index (χ4v) is 3.21. The molecule has 0 atom stereocenters. The minimum Gasteiger partial charge on any atom is -0.326 e. The summed E-state index contributed by atoms with van der Waals surface area (Å²) in [5.74, 6) is -1.51. The second kappa shape index (κ2) is 7.59. The van der Waals surface area contributed by atoms with Gasteiger partial charge in [0.05, 0.1) is 10.5 Å². The molecule has 0 fully saturated rings. The number of anilines is 1. The molecule has 0 saturated carbocycles. The third kappa shape index (κ3) is 3.48. The van der Waals surface area contributed by atoms with Crippen molar-refractivity contribution in [1.82, 2.24) is 4.90 Å². The Hall–Kier alpha value is -3.55. The van der Waals surface area contributed by atoms with Crippen molar-refractivity contribution in [2.75, 3.05) is 11.9 Å². The third-order valence-electron chi connectivity index (χ3n) is 4.59. The van der Waals surface area contributed by atoms with Crippen LogP contribution in [0.3, 0.4) is 0 Å². The van der Waals surface area contributed by atoms with Gasteiger partial charge in [-0.3, -0.25) is 29.4 Å². The standard InChI is InChI=1S/C20H19N3O5/c1-12(2)13-6-3-4-8-15(13)21-17(24)10-11-22-19(25)14-7-5-9-16(23(27)28)18(14)20(22)26/h3-9,12H,10-11H2,1-2H3,(H,21,24). The van der Waals surface area contributed by atoms with E-state index in [4.69, 9.17) is 0 Å². The largest absolute Gasteiger partial charge is 0.326 e. The highest BCUT2D eigenvalue weighted by molar-refractivity contribution is 6.23. The normalized spacial score (nSPS) is 13.0. The van der Waals surface area contributed by atoms with E-state index < -0.39 is 22.4 Å². The molecule has 1 N–H and O–H groups in total. The third-order valence-corrected chi connectivity index (χ3v) is 4.59. The van der Waals surface area contributed by atoms with Crippen LogP contribution in [0.5, 0.6) is 0 Å². The van der Waals surface area contributed by atoms with Gasteiger partial charge in [0, 0.05) is 24.7 Å². The molecular weight excluding hydrogens is 362 g/mol. The van der Waals surface area contributed by atoms with Crippen molar-refractivity contribution < 1.29 is 19.3 Å². The lowest BCUT2D eigenvalue weighted by molar-refractivity contribution is -0.385. The maximum Gasteiger partial charge on any atom is 0.282 e. The molecule has 8 heteroatoms. The fourth-order valence-electron chi connectivity index (χ4n) is 3.21. The van der Waals surface area contributed by atoms with Crippen molar-refractivity contribution in [1.29, 1.82) is 0 Å². The molecule has 0 radical (unpaired) electrons. The molecule has 0 bridgehead atoms. The van der Waals surface area contributed by atoms with Gasteiger partial charge in [0.25, 0.3) is 17.5 Å². The van der Waals surface area contributed by atoms with Gasteiger partial charge >= 0.3 is 0 Å². The quantitative estimate of drug-likeness (QED) is 0.469. The minimum absolute atomic E-state index is 0.00948. The van der Waals surface area contributed by atoms with E-state index in [1.54, 1.807) is 6.07 Å². The van der Waals surface area contributed by atoms with Gasteiger partial charge in [-0.25, -0.2) is 0 Å². The van der Waals surface area contributed by atoms with Crippen LogP contribution in [0.4, 0.5) is 11.4 Å². The highest BCUT2D eigenvalue weighted by Gasteiger charge is 2.40. The molecule has 1 heterocycles. The highest BCUT2D eigenvalue weighted by atomic mass is 16.6. The van der Waals surface area contributed by atoms with Crippen LogP contribution in [0.25, 0.3) is 0 Å². The van der Waals surface area contributed by atoms with Crippen LogP contribution in [0.1, 0.15) is 52.5 Å². The summed E-state index contributed by atoms with van der Waals surface area (Å²) in [5.41, 5.74) is 1.02. The Balaban J connectivity index is 1.71. The van der Waals surface area contributed by atoms with Gasteiger partial charge in [-0.15, -0.1) is 0 Å². The average Bonchev–Trinajstić information content (AvgIpc) is 2.90. The zero-order valence-electron chi connectivity index (χ0n) is 15.5. The molecule has 1 aliphatic rings. The van der Waals surface area contributed by atoms with Gasteiger partial charge in [-0.2, -0.15) is 0 Å². The van der Waals surface area contributed by atoms with Crippen LogP contribution in [-0.2, 0) is 4.79 Å². The molecule has 144 valence electrons. The Labute approximate surface area is 161 Å². The maximum atomic E-state index is 12.5. The summed E-state index contributed by atoms with van der Waals surface area (Å²) in [6, 6.07) is 11.3. The van der Waals surface area contributed by atoms with Crippen molar-refractivity contribution in [3.05, 3.63) is 69.3 Å². The smallest absolute Gasteiger partial charge is 0.282 e. The number of rotatable bonds is 6. The summed E-state index contributed by atoms with van der Waals surface area (Å²) >= 11 is 0. The van der Waals surface area contributed by atoms with E-state index >= 15 is 0 Å². The second-order valence-corrected chi connectivity index (χ2v) is 6.76. The van der Waals surface area contributed by atoms with Crippen molar-refractivity contribution in [2.24, 2.45) is 0 Å². The first-order chi connectivity index (χ1) is 13.3. The first-order valence-corrected chi connectivity index (χ1v) is 8.83. The molecule has 0 spiro atoms. The summed E-state index contributed by atoms with van der Waals surface area (Å²) in [6.07, 6.45) is -0.105. The number of carbonyl (C=O) groups excluding carboxylic acids is 3. The van der Waals surface area contributed by atoms with Crippen LogP contribution in [-0.4, -0.2) is 34.1 Å². The second-order valence-electron chi connectivity index (χ2n) is 6.76. The van der Waals surface area contributed by atoms with Crippen LogP contribution < -0.4 is 5.32 Å². The Kier molecular flexibility index (Phi) is 5.21. The number of fused-ring (bicyclic) bond motifs is 1. The molecule has 0 aromatic heterocycles. The van der Waals surface area contributed by atoms with Crippen LogP contribution in [0.2, 0.25) is 0 Å². The summed E-state index contributed by atoms with van der Waals surface area (Å²) < 4.78 is 0. The lowest BCUT2D eigenvalue weighted by Crippen LogP contribution is -2.33. The van der Waals surface area contributed by atoms with Crippen molar-refractivity contribution in [3.8, 4) is 0 Å². The number of carbonyl (C=O) groups is 3. The van der Waals surface area contributed by atoms with E-state index in [2.05, 4.69) is 5.32 Å². The minimum atomic E-state index is -0.748. The van der Waals surface area contributed by atoms with E-state index in [0.29, 0.717) is 5.69 Å². The Bertz CT molecular complexity index is 984. The van der Waals surface area contributed by atoms with Gasteiger partial charge in [-0.1, -0.05) is 38.1 Å². The molecule has 1 aliphatic heterocycles. The average molecular weight is 381 g/mol. The topological polar surface area (TPSA) is 110 Å². The lowest BCUT2D eigenvalue weighted by atomic mass is 10.0. The number of benzene rings is 2. The fraction of sp³-hybridized carbons (Fsp3) is 0.250. The van der Waals surface area contributed by atoms with Crippen LogP contribution in [0, 0.1) is 10.1 Å². The highest BCUT2D eigenvalue weighted by Crippen LogP contribution is 2.31. The number of nitro groups is 1. The molecule has 8 nitrogen and oxygen atoms in total. The monoisotopic (exact) mass is 381 g/mol. The molecule has 0 unspecified atom stereocenters. The number of amides is 3. The van der Waals surface area contributed by atoms with Gasteiger partial charge in [0.15, 0.2) is 0 Å². The maximum absolute atomic E-state index is 12.5. The van der Waals surface area contributed by atoms with Crippen molar-refractivity contribution in [2.45, 2.75) is 26.2 Å². The summed E-state index contributed by atoms with van der Waals surface area (Å²) in [5, 5.41) is 13.9. The number of hydrogen-bond acceptors (Lipinski definition) is 5. The molecule has 2 aromatic rings. The SMILES string of the molecule is CC(C)c1ccccc1NC(=O)CCN1C(=O)c2cccc([N+](=O)[O-])c2C1=O. The summed E-state index contributed by atoms with van der Waals surface area (Å²) in [7, 11) is 0. The molecule has 2 aromatic carbocycles. The van der Waals surface area contributed by atoms with E-state index in [1.165, 1.54) is 18.2 Å². The predicted octanol–water partition coefficient (Wildman–Crippen LogP) is 3.34. The zero-order chi connectivity index (χ0) is 20.4. The number of nitrogens with one attached hydrogen (secondary N) is 1. The number of nitro benzene ring substituents is 1. The van der Waals surface area contributed by atoms with Gasteiger partial charge in [0.1, 0.15) is 5.56 Å². The molecule has 0 saturated heterocycles. The summed E-state index contributed by atoms with van der Waals surface area (Å²) in [6.45, 7) is 3.87. The number of nitrogens with zero attached hydrogens (tertiary/aromatic N) is 2. The molecule has 3 amide bonds. The van der Waals surface area contributed by atoms with E-state index in [0.717, 1.165) is 10.5 Å². The van der Waals surface area contributed by atoms with Gasteiger partial charge in [-0.05, 0) is 23.6 Å². The van der Waals surface area contributed by atoms with Gasteiger partial charge < -0.3 is 5.32 Å². The number of para-hydroxylation sites is 1. The number of imide groups is 1. The van der Waals surface area contributed by atoms with E-state index in [-0.39, 0.29) is 35.9 Å². The molecular formula is C20H19N3O5. The van der Waals surface area contributed by atoms with Crippen LogP contribution in [0.15, 0.2) is 42.5 Å². The number of hydrogen-bond donors (Lipinski definition) is 1. The molecule has 28 heavy (non-hydrogen) atoms.